The van der Waals surface area contributed by atoms with Crippen LogP contribution in [0.1, 0.15) is 22.3 Å². The molecule has 0 aliphatic heterocycles. The zero-order valence-corrected chi connectivity index (χ0v) is 12.7. The van der Waals surface area contributed by atoms with E-state index in [0.717, 1.165) is 16.9 Å². The zero-order chi connectivity index (χ0) is 15.4. The molecule has 2 rings (SSSR count). The minimum Gasteiger partial charge on any atom is -0.489 e. The second-order valence-corrected chi connectivity index (χ2v) is 5.19. The standard InChI is InChI=1S/C16H17ClN2O2/c1-10-4-3-5-15(11(10)2)21-9-13-7-6-12(8-14(13)17)16(18)19-20/h3-8,20H,9H2,1-2H3,(H2,18,19). The molecular formula is C16H17ClN2O2. The second-order valence-electron chi connectivity index (χ2n) is 4.78. The minimum absolute atomic E-state index is 0.0268. The van der Waals surface area contributed by atoms with Crippen molar-refractivity contribution in [3.8, 4) is 5.75 Å². The van der Waals surface area contributed by atoms with Crippen LogP contribution in [-0.2, 0) is 6.61 Å². The number of hydrogen-bond acceptors (Lipinski definition) is 3. The van der Waals surface area contributed by atoms with Crippen molar-refractivity contribution in [2.24, 2.45) is 10.9 Å². The first kappa shape index (κ1) is 15.2. The van der Waals surface area contributed by atoms with E-state index >= 15 is 0 Å². The SMILES string of the molecule is Cc1cccc(OCc2ccc(/C(N)=N/O)cc2Cl)c1C. The molecule has 2 aromatic carbocycles. The molecule has 4 nitrogen and oxygen atoms in total. The number of nitrogens with zero attached hydrogens (tertiary/aromatic N) is 1. The fourth-order valence-corrected chi connectivity index (χ4v) is 2.15. The second kappa shape index (κ2) is 6.50. The summed E-state index contributed by atoms with van der Waals surface area (Å²) in [5.41, 5.74) is 9.23. The van der Waals surface area contributed by atoms with Crippen molar-refractivity contribution < 1.29 is 9.94 Å². The molecule has 0 heterocycles. The highest BCUT2D eigenvalue weighted by molar-refractivity contribution is 6.31. The minimum atomic E-state index is 0.0268. The molecule has 0 bridgehead atoms. The van der Waals surface area contributed by atoms with Crippen LogP contribution in [0.2, 0.25) is 5.02 Å². The molecule has 0 aliphatic rings. The summed E-state index contributed by atoms with van der Waals surface area (Å²) in [6, 6.07) is 11.1. The molecule has 0 radical (unpaired) electrons. The lowest BCUT2D eigenvalue weighted by Crippen LogP contribution is -2.13. The maximum atomic E-state index is 8.65. The summed E-state index contributed by atoms with van der Waals surface area (Å²) < 4.78 is 5.82. The van der Waals surface area contributed by atoms with Gasteiger partial charge in [0.05, 0.1) is 0 Å². The zero-order valence-electron chi connectivity index (χ0n) is 11.9. The number of oxime groups is 1. The Kier molecular flexibility index (Phi) is 4.70. The van der Waals surface area contributed by atoms with Crippen LogP contribution >= 0.6 is 11.6 Å². The molecule has 0 saturated heterocycles. The van der Waals surface area contributed by atoms with E-state index in [0.29, 0.717) is 17.2 Å². The summed E-state index contributed by atoms with van der Waals surface area (Å²) >= 11 is 6.20. The molecule has 0 aliphatic carbocycles. The van der Waals surface area contributed by atoms with Crippen molar-refractivity contribution in [2.75, 3.05) is 0 Å². The molecule has 0 saturated carbocycles. The number of amidine groups is 1. The quantitative estimate of drug-likeness (QED) is 0.392. The lowest BCUT2D eigenvalue weighted by molar-refractivity contribution is 0.304. The third-order valence-corrected chi connectivity index (χ3v) is 3.75. The van der Waals surface area contributed by atoms with Crippen LogP contribution in [-0.4, -0.2) is 11.0 Å². The first-order valence-corrected chi connectivity index (χ1v) is 6.86. The topological polar surface area (TPSA) is 67.8 Å². The predicted octanol–water partition coefficient (Wildman–Crippen LogP) is 3.63. The van der Waals surface area contributed by atoms with E-state index in [1.54, 1.807) is 18.2 Å². The summed E-state index contributed by atoms with van der Waals surface area (Å²) in [4.78, 5) is 0. The van der Waals surface area contributed by atoms with E-state index in [1.807, 2.05) is 32.0 Å². The molecule has 21 heavy (non-hydrogen) atoms. The highest BCUT2D eigenvalue weighted by Gasteiger charge is 2.07. The maximum Gasteiger partial charge on any atom is 0.170 e. The highest BCUT2D eigenvalue weighted by atomic mass is 35.5. The van der Waals surface area contributed by atoms with E-state index in [-0.39, 0.29) is 5.84 Å². The number of halogens is 1. The summed E-state index contributed by atoms with van der Waals surface area (Å²) in [7, 11) is 0. The third kappa shape index (κ3) is 3.47. The highest BCUT2D eigenvalue weighted by Crippen LogP contribution is 2.24. The molecule has 0 unspecified atom stereocenters. The molecule has 0 aromatic heterocycles. The Morgan fingerprint density at radius 3 is 2.71 bits per heavy atom. The van der Waals surface area contributed by atoms with E-state index in [2.05, 4.69) is 5.16 Å². The van der Waals surface area contributed by atoms with Gasteiger partial charge in [-0.25, -0.2) is 0 Å². The fourth-order valence-electron chi connectivity index (χ4n) is 1.92. The molecular weight excluding hydrogens is 288 g/mol. The number of nitrogens with two attached hydrogens (primary N) is 1. The van der Waals surface area contributed by atoms with Crippen LogP contribution < -0.4 is 10.5 Å². The number of aryl methyl sites for hydroxylation is 1. The molecule has 3 N–H and O–H groups in total. The van der Waals surface area contributed by atoms with Gasteiger partial charge in [-0.05, 0) is 37.1 Å². The molecule has 0 spiro atoms. The van der Waals surface area contributed by atoms with Crippen molar-refractivity contribution in [1.29, 1.82) is 0 Å². The lowest BCUT2D eigenvalue weighted by Gasteiger charge is -2.12. The van der Waals surface area contributed by atoms with Gasteiger partial charge in [0.2, 0.25) is 0 Å². The number of ether oxygens (including phenoxy) is 1. The monoisotopic (exact) mass is 304 g/mol. The Morgan fingerprint density at radius 1 is 1.29 bits per heavy atom. The molecule has 2 aromatic rings. The van der Waals surface area contributed by atoms with Crippen LogP contribution in [0.15, 0.2) is 41.6 Å². The van der Waals surface area contributed by atoms with Gasteiger partial charge in [0.25, 0.3) is 0 Å². The van der Waals surface area contributed by atoms with Crippen LogP contribution in [0.4, 0.5) is 0 Å². The maximum absolute atomic E-state index is 8.65. The van der Waals surface area contributed by atoms with Crippen molar-refractivity contribution >= 4 is 17.4 Å². The van der Waals surface area contributed by atoms with Gasteiger partial charge in [0, 0.05) is 16.1 Å². The average molecular weight is 305 g/mol. The normalized spacial score (nSPS) is 11.5. The van der Waals surface area contributed by atoms with Gasteiger partial charge in [-0.3, -0.25) is 0 Å². The Bertz CT molecular complexity index is 684. The van der Waals surface area contributed by atoms with Crippen LogP contribution in [0.5, 0.6) is 5.75 Å². The van der Waals surface area contributed by atoms with Gasteiger partial charge in [-0.15, -0.1) is 0 Å². The van der Waals surface area contributed by atoms with Gasteiger partial charge in [-0.2, -0.15) is 0 Å². The Hall–Kier alpha value is -2.20. The first-order chi connectivity index (χ1) is 10.0. The molecule has 0 atom stereocenters. The average Bonchev–Trinajstić information content (AvgIpc) is 2.49. The summed E-state index contributed by atoms with van der Waals surface area (Å²) in [5, 5.41) is 12.1. The smallest absolute Gasteiger partial charge is 0.170 e. The van der Waals surface area contributed by atoms with Crippen molar-refractivity contribution in [1.82, 2.24) is 0 Å². The van der Waals surface area contributed by atoms with Gasteiger partial charge in [-0.1, -0.05) is 41.0 Å². The van der Waals surface area contributed by atoms with E-state index in [4.69, 9.17) is 27.3 Å². The summed E-state index contributed by atoms with van der Waals surface area (Å²) in [5.74, 6) is 0.866. The molecule has 0 amide bonds. The van der Waals surface area contributed by atoms with Gasteiger partial charge >= 0.3 is 0 Å². The largest absolute Gasteiger partial charge is 0.489 e. The van der Waals surface area contributed by atoms with Crippen LogP contribution in [0.25, 0.3) is 0 Å². The van der Waals surface area contributed by atoms with E-state index in [9.17, 15) is 0 Å². The van der Waals surface area contributed by atoms with Gasteiger partial charge < -0.3 is 15.7 Å². The Labute approximate surface area is 128 Å². The van der Waals surface area contributed by atoms with Crippen LogP contribution in [0, 0.1) is 13.8 Å². The molecule has 0 fully saturated rings. The third-order valence-electron chi connectivity index (χ3n) is 3.39. The number of rotatable bonds is 4. The first-order valence-electron chi connectivity index (χ1n) is 6.48. The van der Waals surface area contributed by atoms with Crippen molar-refractivity contribution in [3.05, 3.63) is 63.7 Å². The Morgan fingerprint density at radius 2 is 2.05 bits per heavy atom. The van der Waals surface area contributed by atoms with E-state index in [1.165, 1.54) is 5.56 Å². The molecule has 5 heteroatoms. The van der Waals surface area contributed by atoms with E-state index < -0.39 is 0 Å². The van der Waals surface area contributed by atoms with Crippen molar-refractivity contribution in [3.63, 3.8) is 0 Å². The lowest BCUT2D eigenvalue weighted by atomic mass is 10.1. The summed E-state index contributed by atoms with van der Waals surface area (Å²) in [6.07, 6.45) is 0. The van der Waals surface area contributed by atoms with Crippen LogP contribution in [0.3, 0.4) is 0 Å². The Balaban J connectivity index is 2.15. The fraction of sp³-hybridized carbons (Fsp3) is 0.188. The van der Waals surface area contributed by atoms with Crippen molar-refractivity contribution in [2.45, 2.75) is 20.5 Å². The number of benzene rings is 2. The van der Waals surface area contributed by atoms with Gasteiger partial charge in [0.15, 0.2) is 5.84 Å². The van der Waals surface area contributed by atoms with Gasteiger partial charge in [0.1, 0.15) is 12.4 Å². The predicted molar refractivity (Wildman–Crippen MR) is 84.2 cm³/mol. The number of hydrogen-bond donors (Lipinski definition) is 2. The molecule has 110 valence electrons. The summed E-state index contributed by atoms with van der Waals surface area (Å²) in [6.45, 7) is 4.42.